The molecule has 220 valence electrons. The van der Waals surface area contributed by atoms with E-state index in [1.54, 1.807) is 0 Å². The molecule has 0 spiro atoms. The summed E-state index contributed by atoms with van der Waals surface area (Å²) in [6.45, 7) is 17.9. The SMILES string of the molecule is Cc1c(C)c2c(c(C)c1OC(=O)[C@@H]1CCC(=O)N1)CC[C@@](C)(CCC[C@H](C)CCC[C@H](C)CCCC(C)C)O2. The van der Waals surface area contributed by atoms with E-state index < -0.39 is 6.04 Å². The minimum Gasteiger partial charge on any atom is -0.487 e. The summed E-state index contributed by atoms with van der Waals surface area (Å²) in [5.74, 6) is 3.60. The van der Waals surface area contributed by atoms with Crippen LogP contribution in [-0.2, 0) is 16.0 Å². The van der Waals surface area contributed by atoms with Crippen LogP contribution < -0.4 is 14.8 Å². The lowest BCUT2D eigenvalue weighted by Crippen LogP contribution is -2.38. The molecule has 2 heterocycles. The van der Waals surface area contributed by atoms with Crippen LogP contribution in [0.3, 0.4) is 0 Å². The first kappa shape index (κ1) is 31.5. The molecule has 2 aliphatic heterocycles. The zero-order chi connectivity index (χ0) is 28.7. The van der Waals surface area contributed by atoms with Crippen molar-refractivity contribution in [1.82, 2.24) is 5.32 Å². The molecule has 5 heteroatoms. The van der Waals surface area contributed by atoms with Crippen molar-refractivity contribution < 1.29 is 19.1 Å². The Morgan fingerprint density at radius 3 is 2.13 bits per heavy atom. The maximum absolute atomic E-state index is 12.7. The van der Waals surface area contributed by atoms with Crippen molar-refractivity contribution in [1.29, 1.82) is 0 Å². The average Bonchev–Trinajstić information content (AvgIpc) is 3.31. The largest absolute Gasteiger partial charge is 0.487 e. The van der Waals surface area contributed by atoms with Gasteiger partial charge in [-0.05, 0) is 94.2 Å². The highest BCUT2D eigenvalue weighted by Gasteiger charge is 2.36. The molecule has 1 amide bonds. The van der Waals surface area contributed by atoms with Gasteiger partial charge in [0.2, 0.25) is 5.91 Å². The molecule has 39 heavy (non-hydrogen) atoms. The van der Waals surface area contributed by atoms with Crippen LogP contribution in [0.1, 0.15) is 134 Å². The Kier molecular flexibility index (Phi) is 11.3. The molecule has 0 radical (unpaired) electrons. The van der Waals surface area contributed by atoms with Crippen molar-refractivity contribution in [2.24, 2.45) is 17.8 Å². The lowest BCUT2D eigenvalue weighted by molar-refractivity contribution is -0.137. The standard InChI is InChI=1S/C34H55NO4/c1-22(2)12-9-13-23(3)14-10-15-24(4)16-11-20-34(8)21-19-28-27(7)31(25(5)26(6)32(28)39-34)38-33(37)29-17-18-30(36)35-29/h22-24,29H,9-21H2,1-8H3,(H,35,36)/t23-,24-,29+,34-/m1/s1. The summed E-state index contributed by atoms with van der Waals surface area (Å²) in [6.07, 6.45) is 14.5. The fourth-order valence-electron chi connectivity index (χ4n) is 6.38. The van der Waals surface area contributed by atoms with Crippen molar-refractivity contribution >= 4 is 11.9 Å². The number of rotatable bonds is 14. The number of benzene rings is 1. The summed E-state index contributed by atoms with van der Waals surface area (Å²) in [5.41, 5.74) is 3.98. The van der Waals surface area contributed by atoms with E-state index in [-0.39, 0.29) is 17.5 Å². The van der Waals surface area contributed by atoms with Gasteiger partial charge in [-0.2, -0.15) is 0 Å². The smallest absolute Gasteiger partial charge is 0.334 e. The first-order valence-corrected chi connectivity index (χ1v) is 15.7. The lowest BCUT2D eigenvalue weighted by Gasteiger charge is -2.38. The lowest BCUT2D eigenvalue weighted by atomic mass is 9.83. The van der Waals surface area contributed by atoms with Gasteiger partial charge in [-0.3, -0.25) is 4.79 Å². The van der Waals surface area contributed by atoms with Crippen molar-refractivity contribution in [3.63, 3.8) is 0 Å². The molecule has 1 saturated heterocycles. The number of hydrogen-bond acceptors (Lipinski definition) is 4. The number of amides is 1. The molecule has 0 bridgehead atoms. The van der Waals surface area contributed by atoms with Gasteiger partial charge >= 0.3 is 5.97 Å². The van der Waals surface area contributed by atoms with Gasteiger partial charge < -0.3 is 14.8 Å². The monoisotopic (exact) mass is 541 g/mol. The second-order valence-electron chi connectivity index (χ2n) is 13.5. The van der Waals surface area contributed by atoms with Gasteiger partial charge in [-0.1, -0.05) is 72.6 Å². The summed E-state index contributed by atoms with van der Waals surface area (Å²) in [7, 11) is 0. The zero-order valence-electron chi connectivity index (χ0n) is 26.1. The molecule has 0 aliphatic carbocycles. The van der Waals surface area contributed by atoms with Gasteiger partial charge in [-0.15, -0.1) is 0 Å². The van der Waals surface area contributed by atoms with Gasteiger partial charge in [0, 0.05) is 12.0 Å². The number of hydrogen-bond donors (Lipinski definition) is 1. The van der Waals surface area contributed by atoms with E-state index in [2.05, 4.69) is 46.9 Å². The van der Waals surface area contributed by atoms with E-state index in [1.165, 1.54) is 51.4 Å². The van der Waals surface area contributed by atoms with E-state index in [4.69, 9.17) is 9.47 Å². The quantitative estimate of drug-likeness (QED) is 0.190. The molecule has 1 aromatic rings. The molecular formula is C34H55NO4. The fraction of sp³-hybridized carbons (Fsp3) is 0.765. The predicted molar refractivity (Wildman–Crippen MR) is 160 cm³/mol. The van der Waals surface area contributed by atoms with E-state index in [9.17, 15) is 9.59 Å². The number of fused-ring (bicyclic) bond motifs is 1. The number of nitrogens with one attached hydrogen (secondary N) is 1. The molecule has 0 aromatic heterocycles. The average molecular weight is 542 g/mol. The molecule has 0 saturated carbocycles. The highest BCUT2D eigenvalue weighted by atomic mass is 16.5. The highest BCUT2D eigenvalue weighted by Crippen LogP contribution is 2.45. The first-order chi connectivity index (χ1) is 18.4. The second kappa shape index (κ2) is 14.0. The first-order valence-electron chi connectivity index (χ1n) is 15.7. The van der Waals surface area contributed by atoms with Crippen LogP contribution in [0.25, 0.3) is 0 Å². The Hall–Kier alpha value is -2.04. The van der Waals surface area contributed by atoms with Gasteiger partial charge in [0.05, 0.1) is 0 Å². The molecule has 3 rings (SSSR count). The third-order valence-corrected chi connectivity index (χ3v) is 9.32. The van der Waals surface area contributed by atoms with E-state index in [0.717, 1.165) is 65.0 Å². The third kappa shape index (κ3) is 8.72. The van der Waals surface area contributed by atoms with Crippen molar-refractivity contribution in [3.8, 4) is 11.5 Å². The van der Waals surface area contributed by atoms with Crippen LogP contribution in [0.2, 0.25) is 0 Å². The maximum Gasteiger partial charge on any atom is 0.334 e. The summed E-state index contributed by atoms with van der Waals surface area (Å²) in [4.78, 5) is 24.3. The Morgan fingerprint density at radius 2 is 1.54 bits per heavy atom. The maximum atomic E-state index is 12.7. The number of carbonyl (C=O) groups excluding carboxylic acids is 2. The summed E-state index contributed by atoms with van der Waals surface area (Å²) in [5, 5.41) is 2.72. The normalized spacial score (nSPS) is 22.3. The Labute approximate surface area is 238 Å². The Morgan fingerprint density at radius 1 is 0.923 bits per heavy atom. The van der Waals surface area contributed by atoms with E-state index in [0.29, 0.717) is 18.6 Å². The predicted octanol–water partition coefficient (Wildman–Crippen LogP) is 8.32. The fourth-order valence-corrected chi connectivity index (χ4v) is 6.38. The molecule has 1 N–H and O–H groups in total. The molecule has 5 nitrogen and oxygen atoms in total. The number of esters is 1. The van der Waals surface area contributed by atoms with E-state index >= 15 is 0 Å². The summed E-state index contributed by atoms with van der Waals surface area (Å²) < 4.78 is 12.6. The molecular weight excluding hydrogens is 486 g/mol. The summed E-state index contributed by atoms with van der Waals surface area (Å²) in [6, 6.07) is -0.548. The Balaban J connectivity index is 1.49. The van der Waals surface area contributed by atoms with Crippen molar-refractivity contribution in [2.45, 2.75) is 151 Å². The molecule has 4 atom stereocenters. The molecule has 1 aromatic carbocycles. The molecule has 1 fully saturated rings. The van der Waals surface area contributed by atoms with Crippen molar-refractivity contribution in [2.75, 3.05) is 0 Å². The highest BCUT2D eigenvalue weighted by molar-refractivity contribution is 5.89. The van der Waals surface area contributed by atoms with Crippen LogP contribution in [0, 0.1) is 38.5 Å². The Bertz CT molecular complexity index is 1000. The molecule has 0 unspecified atom stereocenters. The van der Waals surface area contributed by atoms with Crippen LogP contribution >= 0.6 is 0 Å². The van der Waals surface area contributed by atoms with Crippen molar-refractivity contribution in [3.05, 3.63) is 22.3 Å². The van der Waals surface area contributed by atoms with Crippen LogP contribution in [0.5, 0.6) is 11.5 Å². The van der Waals surface area contributed by atoms with Crippen LogP contribution in [0.15, 0.2) is 0 Å². The van der Waals surface area contributed by atoms with Gasteiger partial charge in [0.1, 0.15) is 23.1 Å². The molecule has 2 aliphatic rings. The van der Waals surface area contributed by atoms with Gasteiger partial charge in [-0.25, -0.2) is 4.79 Å². The third-order valence-electron chi connectivity index (χ3n) is 9.32. The van der Waals surface area contributed by atoms with E-state index in [1.807, 2.05) is 13.8 Å². The van der Waals surface area contributed by atoms with Gasteiger partial charge in [0.25, 0.3) is 0 Å². The number of carbonyl (C=O) groups is 2. The summed E-state index contributed by atoms with van der Waals surface area (Å²) >= 11 is 0. The van der Waals surface area contributed by atoms with Crippen LogP contribution in [-0.4, -0.2) is 23.5 Å². The zero-order valence-corrected chi connectivity index (χ0v) is 26.1. The number of ether oxygens (including phenoxy) is 2. The topological polar surface area (TPSA) is 64.6 Å². The minimum absolute atomic E-state index is 0.0868. The van der Waals surface area contributed by atoms with Crippen LogP contribution in [0.4, 0.5) is 0 Å². The minimum atomic E-state index is -0.548. The second-order valence-corrected chi connectivity index (χ2v) is 13.5. The van der Waals surface area contributed by atoms with Gasteiger partial charge in [0.15, 0.2) is 0 Å².